The molecule has 0 saturated heterocycles. The normalized spacial score (nSPS) is 13.0. The van der Waals surface area contributed by atoms with E-state index in [-0.39, 0.29) is 5.41 Å². The van der Waals surface area contributed by atoms with Crippen LogP contribution in [0, 0.1) is 5.41 Å². The highest BCUT2D eigenvalue weighted by Crippen LogP contribution is 2.67. The lowest BCUT2D eigenvalue weighted by Crippen LogP contribution is -2.31. The van der Waals surface area contributed by atoms with Crippen LogP contribution in [0.5, 0.6) is 0 Å². The van der Waals surface area contributed by atoms with Gasteiger partial charge in [-0.1, -0.05) is 81.9 Å². The summed E-state index contributed by atoms with van der Waals surface area (Å²) in [6.45, 7) is 11.0. The zero-order chi connectivity index (χ0) is 21.1. The van der Waals surface area contributed by atoms with Crippen molar-refractivity contribution in [3.8, 4) is 0 Å². The van der Waals surface area contributed by atoms with Crippen LogP contribution < -0.4 is 15.9 Å². The summed E-state index contributed by atoms with van der Waals surface area (Å²) in [5.41, 5.74) is 1.04. The maximum absolute atomic E-state index is 4.42. The second-order valence-corrected chi connectivity index (χ2v) is 13.5. The van der Waals surface area contributed by atoms with Crippen molar-refractivity contribution in [2.75, 3.05) is 0 Å². The second-order valence-electron chi connectivity index (χ2n) is 8.01. The van der Waals surface area contributed by atoms with E-state index in [9.17, 15) is 0 Å². The number of halogens is 2. The van der Waals surface area contributed by atoms with Crippen molar-refractivity contribution >= 4 is 55.0 Å². The van der Waals surface area contributed by atoms with Crippen LogP contribution in [0.3, 0.4) is 0 Å². The lowest BCUT2D eigenvalue weighted by molar-refractivity contribution is 0.518. The summed E-state index contributed by atoms with van der Waals surface area (Å²) in [4.78, 5) is 0. The van der Waals surface area contributed by atoms with Crippen molar-refractivity contribution in [3.63, 3.8) is 0 Å². The Labute approximate surface area is 192 Å². The van der Waals surface area contributed by atoms with Gasteiger partial charge in [-0.2, -0.15) is 0 Å². The van der Waals surface area contributed by atoms with E-state index in [1.165, 1.54) is 15.9 Å². The molecule has 3 rings (SSSR count). The van der Waals surface area contributed by atoms with E-state index < -0.39 is 7.26 Å². The number of hydrogen-bond donors (Lipinski definition) is 0. The van der Waals surface area contributed by atoms with Crippen LogP contribution in [0.4, 0.5) is 0 Å². The molecule has 3 heteroatoms. The summed E-state index contributed by atoms with van der Waals surface area (Å²) in [5, 5.41) is 3.92. The lowest BCUT2D eigenvalue weighted by atomic mass is 9.88. The van der Waals surface area contributed by atoms with Gasteiger partial charge in [-0.25, -0.2) is 0 Å². The second kappa shape index (κ2) is 9.13. The molecule has 0 unspecified atom stereocenters. The Balaban J connectivity index is 2.45. The van der Waals surface area contributed by atoms with Gasteiger partial charge in [0.15, 0.2) is 11.5 Å². The minimum Gasteiger partial charge on any atom is -0.0940 e. The fraction of sp³-hybridized carbons (Fsp3) is 0.154. The molecule has 0 aliphatic rings. The molecule has 0 saturated carbocycles. The molecular formula is C26H26Br2P+. The minimum absolute atomic E-state index is 0.0441. The zero-order valence-corrected chi connectivity index (χ0v) is 21.1. The SMILES string of the molecule is C=C(C(Br)=C(Br)[P+](c1ccccc1)(c1ccccc1)c1ccccc1)C(C)(C)C. The predicted molar refractivity (Wildman–Crippen MR) is 139 cm³/mol. The van der Waals surface area contributed by atoms with Gasteiger partial charge >= 0.3 is 0 Å². The van der Waals surface area contributed by atoms with Gasteiger partial charge in [-0.3, -0.25) is 0 Å². The number of allylic oxidation sites excluding steroid dienone is 2. The Bertz CT molecular complexity index is 904. The van der Waals surface area contributed by atoms with Crippen molar-refractivity contribution in [2.45, 2.75) is 20.8 Å². The molecule has 0 aromatic heterocycles. The van der Waals surface area contributed by atoms with E-state index in [2.05, 4.69) is 150 Å². The third kappa shape index (κ3) is 4.36. The molecule has 0 fully saturated rings. The topological polar surface area (TPSA) is 0 Å². The molecule has 0 radical (unpaired) electrons. The van der Waals surface area contributed by atoms with Crippen LogP contribution in [-0.4, -0.2) is 0 Å². The molecule has 0 aliphatic carbocycles. The summed E-state index contributed by atoms with van der Waals surface area (Å²) < 4.78 is 2.21. The largest absolute Gasteiger partial charge is 0.165 e. The summed E-state index contributed by atoms with van der Waals surface area (Å²) in [6.07, 6.45) is 0. The van der Waals surface area contributed by atoms with Gasteiger partial charge in [0.25, 0.3) is 0 Å². The first-order valence-corrected chi connectivity index (χ1v) is 13.0. The summed E-state index contributed by atoms with van der Waals surface area (Å²) in [6, 6.07) is 32.5. The van der Waals surface area contributed by atoms with E-state index >= 15 is 0 Å². The van der Waals surface area contributed by atoms with Crippen molar-refractivity contribution in [1.82, 2.24) is 0 Å². The molecule has 3 aromatic rings. The van der Waals surface area contributed by atoms with Crippen molar-refractivity contribution in [3.05, 3.63) is 112 Å². The molecule has 0 spiro atoms. The molecule has 29 heavy (non-hydrogen) atoms. The van der Waals surface area contributed by atoms with E-state index in [0.29, 0.717) is 0 Å². The molecule has 0 amide bonds. The third-order valence-electron chi connectivity index (χ3n) is 5.08. The summed E-state index contributed by atoms with van der Waals surface area (Å²) >= 11 is 8.02. The van der Waals surface area contributed by atoms with Crippen LogP contribution in [0.15, 0.2) is 112 Å². The zero-order valence-electron chi connectivity index (χ0n) is 17.1. The van der Waals surface area contributed by atoms with Crippen LogP contribution in [0.1, 0.15) is 20.8 Å². The molecule has 0 bridgehead atoms. The standard InChI is InChI=1S/C26H26Br2P/c1-20(26(2,3)4)24(27)25(28)29(21-14-8-5-9-15-21,22-16-10-6-11-17-22)23-18-12-7-13-19-23/h5-19H,1H2,2-4H3/q+1. The first kappa shape index (κ1) is 22.2. The smallest absolute Gasteiger partial charge is 0.0940 e. The van der Waals surface area contributed by atoms with E-state index in [1.54, 1.807) is 0 Å². The van der Waals surface area contributed by atoms with Gasteiger partial charge in [0.05, 0.1) is 4.48 Å². The van der Waals surface area contributed by atoms with Crippen molar-refractivity contribution < 1.29 is 0 Å². The molecule has 148 valence electrons. The fourth-order valence-electron chi connectivity index (χ4n) is 3.34. The van der Waals surface area contributed by atoms with Gasteiger partial charge < -0.3 is 0 Å². The van der Waals surface area contributed by atoms with Crippen LogP contribution >= 0.6 is 39.1 Å². The summed E-state index contributed by atoms with van der Waals surface area (Å²) in [5.74, 6) is 0. The van der Waals surface area contributed by atoms with Crippen molar-refractivity contribution in [2.24, 2.45) is 5.41 Å². The maximum atomic E-state index is 4.42. The van der Waals surface area contributed by atoms with E-state index in [1.807, 2.05) is 0 Å². The number of rotatable bonds is 5. The highest BCUT2D eigenvalue weighted by molar-refractivity contribution is 9.15. The van der Waals surface area contributed by atoms with Crippen LogP contribution in [-0.2, 0) is 0 Å². The van der Waals surface area contributed by atoms with Gasteiger partial charge in [0.1, 0.15) is 15.9 Å². The average Bonchev–Trinajstić information content (AvgIpc) is 2.75. The molecule has 0 N–H and O–H groups in total. The third-order valence-corrected chi connectivity index (χ3v) is 12.8. The Hall–Kier alpha value is -1.47. The quantitative estimate of drug-likeness (QED) is 0.237. The Morgan fingerprint density at radius 1 is 0.655 bits per heavy atom. The molecular weight excluding hydrogens is 503 g/mol. The molecule has 3 aromatic carbocycles. The van der Waals surface area contributed by atoms with Gasteiger partial charge in [0.2, 0.25) is 0 Å². The Kier molecular flexibility index (Phi) is 6.99. The monoisotopic (exact) mass is 527 g/mol. The molecule has 0 nitrogen and oxygen atoms in total. The van der Waals surface area contributed by atoms with Crippen LogP contribution in [0.25, 0.3) is 0 Å². The van der Waals surface area contributed by atoms with Crippen LogP contribution in [0.2, 0.25) is 0 Å². The van der Waals surface area contributed by atoms with Gasteiger partial charge in [-0.05, 0) is 79.2 Å². The van der Waals surface area contributed by atoms with Gasteiger partial charge in [0, 0.05) is 0 Å². The van der Waals surface area contributed by atoms with Gasteiger partial charge in [-0.15, -0.1) is 0 Å². The summed E-state index contributed by atoms with van der Waals surface area (Å²) in [7, 11) is -2.14. The molecule has 0 aliphatic heterocycles. The van der Waals surface area contributed by atoms with Crippen molar-refractivity contribution in [1.29, 1.82) is 0 Å². The van der Waals surface area contributed by atoms with E-state index in [4.69, 9.17) is 0 Å². The number of benzene rings is 3. The fourth-order valence-corrected chi connectivity index (χ4v) is 10.7. The Morgan fingerprint density at radius 2 is 0.966 bits per heavy atom. The molecule has 0 atom stereocenters. The first-order valence-electron chi connectivity index (χ1n) is 9.61. The lowest BCUT2D eigenvalue weighted by Gasteiger charge is -2.30. The average molecular weight is 529 g/mol. The van der Waals surface area contributed by atoms with E-state index in [0.717, 1.165) is 14.3 Å². The molecule has 0 heterocycles. The first-order chi connectivity index (χ1) is 13.8. The Morgan fingerprint density at radius 3 is 1.24 bits per heavy atom. The maximum Gasteiger partial charge on any atom is 0.165 e. The highest BCUT2D eigenvalue weighted by atomic mass is 79.9. The highest BCUT2D eigenvalue weighted by Gasteiger charge is 2.50. The predicted octanol–water partition coefficient (Wildman–Crippen LogP) is 7.54. The number of hydrogen-bond acceptors (Lipinski definition) is 0. The minimum atomic E-state index is -2.14.